The van der Waals surface area contributed by atoms with Gasteiger partial charge in [0.25, 0.3) is 0 Å². The Morgan fingerprint density at radius 2 is 2.06 bits per heavy atom. The van der Waals surface area contributed by atoms with Gasteiger partial charge in [-0.25, -0.2) is 0 Å². The zero-order valence-corrected chi connectivity index (χ0v) is 13.4. The fourth-order valence-corrected chi connectivity index (χ4v) is 4.03. The fourth-order valence-electron chi connectivity index (χ4n) is 3.15. The molecular formula is C16H22BrCl. The first-order valence-electron chi connectivity index (χ1n) is 7.08. The largest absolute Gasteiger partial charge is 0.0888 e. The highest BCUT2D eigenvalue weighted by atomic mass is 79.9. The van der Waals surface area contributed by atoms with Crippen LogP contribution in [-0.2, 0) is 6.42 Å². The lowest BCUT2D eigenvalue weighted by molar-refractivity contribution is 0.263. The number of alkyl halides is 1. The van der Waals surface area contributed by atoms with Crippen molar-refractivity contribution in [1.82, 2.24) is 0 Å². The van der Waals surface area contributed by atoms with Gasteiger partial charge in [-0.2, -0.15) is 0 Å². The summed E-state index contributed by atoms with van der Waals surface area (Å²) in [5, 5.41) is 0.926. The van der Waals surface area contributed by atoms with Crippen molar-refractivity contribution in [3.63, 3.8) is 0 Å². The second kappa shape index (κ2) is 6.96. The maximum atomic E-state index is 6.27. The average molecular weight is 330 g/mol. The van der Waals surface area contributed by atoms with Crippen molar-refractivity contribution in [2.24, 2.45) is 11.8 Å². The molecule has 1 aliphatic carbocycles. The molecule has 0 spiro atoms. The summed E-state index contributed by atoms with van der Waals surface area (Å²) >= 11 is 10.1. The van der Waals surface area contributed by atoms with E-state index in [4.69, 9.17) is 11.6 Å². The van der Waals surface area contributed by atoms with Gasteiger partial charge in [0.05, 0.1) is 0 Å². The molecule has 0 aliphatic heterocycles. The standard InChI is InChI=1S/C16H22BrCl/c1-2-5-12-8-9-15(17)14(10-12)11-13-6-3-4-7-16(13)18/h3-4,6-7,12,14-15H,2,5,8-11H2,1H3. The maximum absolute atomic E-state index is 6.27. The molecule has 0 radical (unpaired) electrons. The molecule has 0 bridgehead atoms. The van der Waals surface area contributed by atoms with Crippen LogP contribution in [0.25, 0.3) is 0 Å². The first-order valence-corrected chi connectivity index (χ1v) is 8.37. The van der Waals surface area contributed by atoms with Crippen molar-refractivity contribution in [2.45, 2.75) is 50.3 Å². The van der Waals surface area contributed by atoms with Gasteiger partial charge in [0.15, 0.2) is 0 Å². The van der Waals surface area contributed by atoms with Crippen LogP contribution >= 0.6 is 27.5 Å². The van der Waals surface area contributed by atoms with Crippen LogP contribution in [0.5, 0.6) is 0 Å². The molecule has 0 saturated heterocycles. The van der Waals surface area contributed by atoms with Gasteiger partial charge in [-0.3, -0.25) is 0 Å². The molecule has 3 unspecified atom stereocenters. The maximum Gasteiger partial charge on any atom is 0.0438 e. The SMILES string of the molecule is CCCC1CCC(Br)C(Cc2ccccc2Cl)C1. The summed E-state index contributed by atoms with van der Waals surface area (Å²) in [6.07, 6.45) is 7.89. The molecule has 1 saturated carbocycles. The molecule has 2 rings (SSSR count). The first kappa shape index (κ1) is 14.4. The second-order valence-electron chi connectivity index (χ2n) is 5.54. The number of rotatable bonds is 4. The third-order valence-corrected chi connectivity index (χ3v) is 5.71. The lowest BCUT2D eigenvalue weighted by Crippen LogP contribution is -2.26. The van der Waals surface area contributed by atoms with E-state index in [0.717, 1.165) is 23.3 Å². The Balaban J connectivity index is 2.00. The van der Waals surface area contributed by atoms with Gasteiger partial charge in [-0.15, -0.1) is 0 Å². The molecule has 100 valence electrons. The predicted octanol–water partition coefficient (Wildman–Crippen LogP) is 5.86. The van der Waals surface area contributed by atoms with Crippen molar-refractivity contribution in [1.29, 1.82) is 0 Å². The highest BCUT2D eigenvalue weighted by Crippen LogP contribution is 2.38. The molecule has 3 atom stereocenters. The minimum Gasteiger partial charge on any atom is -0.0888 e. The second-order valence-corrected chi connectivity index (χ2v) is 7.12. The minimum absolute atomic E-state index is 0.668. The van der Waals surface area contributed by atoms with E-state index in [1.54, 1.807) is 0 Å². The molecule has 1 fully saturated rings. The summed E-state index contributed by atoms with van der Waals surface area (Å²) < 4.78 is 0. The van der Waals surface area contributed by atoms with Crippen LogP contribution < -0.4 is 0 Å². The fraction of sp³-hybridized carbons (Fsp3) is 0.625. The average Bonchev–Trinajstić information content (AvgIpc) is 2.36. The summed E-state index contributed by atoms with van der Waals surface area (Å²) in [7, 11) is 0. The Bertz CT molecular complexity index is 377. The molecule has 0 N–H and O–H groups in total. The van der Waals surface area contributed by atoms with E-state index in [2.05, 4.69) is 35.0 Å². The van der Waals surface area contributed by atoms with Crippen molar-refractivity contribution in [3.05, 3.63) is 34.9 Å². The predicted molar refractivity (Wildman–Crippen MR) is 83.6 cm³/mol. The van der Waals surface area contributed by atoms with Gasteiger partial charge in [-0.05, 0) is 49.1 Å². The zero-order chi connectivity index (χ0) is 13.0. The number of hydrogen-bond donors (Lipinski definition) is 0. The van der Waals surface area contributed by atoms with Crippen LogP contribution in [0, 0.1) is 11.8 Å². The Hall–Kier alpha value is -0.0100. The van der Waals surface area contributed by atoms with Gasteiger partial charge < -0.3 is 0 Å². The highest BCUT2D eigenvalue weighted by Gasteiger charge is 2.28. The Morgan fingerprint density at radius 1 is 1.28 bits per heavy atom. The van der Waals surface area contributed by atoms with Crippen molar-refractivity contribution in [2.75, 3.05) is 0 Å². The molecule has 0 heterocycles. The third kappa shape index (κ3) is 3.74. The van der Waals surface area contributed by atoms with Gasteiger partial charge in [0.1, 0.15) is 0 Å². The molecular weight excluding hydrogens is 308 g/mol. The number of halogens is 2. The van der Waals surface area contributed by atoms with Gasteiger partial charge in [0.2, 0.25) is 0 Å². The molecule has 1 aliphatic rings. The van der Waals surface area contributed by atoms with Gasteiger partial charge >= 0.3 is 0 Å². The lowest BCUT2D eigenvalue weighted by atomic mass is 9.77. The van der Waals surface area contributed by atoms with Gasteiger partial charge in [0, 0.05) is 9.85 Å². The van der Waals surface area contributed by atoms with Crippen molar-refractivity contribution >= 4 is 27.5 Å². The van der Waals surface area contributed by atoms with Crippen LogP contribution in [0.2, 0.25) is 5.02 Å². The van der Waals surface area contributed by atoms with E-state index < -0.39 is 0 Å². The molecule has 0 amide bonds. The van der Waals surface area contributed by atoms with E-state index in [-0.39, 0.29) is 0 Å². The van der Waals surface area contributed by atoms with Crippen LogP contribution in [0.3, 0.4) is 0 Å². The number of hydrogen-bond acceptors (Lipinski definition) is 0. The summed E-state index contributed by atoms with van der Waals surface area (Å²) in [6.45, 7) is 2.29. The summed E-state index contributed by atoms with van der Waals surface area (Å²) in [5.74, 6) is 1.67. The normalized spacial score (nSPS) is 28.3. The van der Waals surface area contributed by atoms with E-state index in [1.165, 1.54) is 37.7 Å². The molecule has 2 heteroatoms. The molecule has 18 heavy (non-hydrogen) atoms. The Labute approximate surface area is 124 Å². The molecule has 0 aromatic heterocycles. The molecule has 0 nitrogen and oxygen atoms in total. The van der Waals surface area contributed by atoms with Crippen LogP contribution in [0.1, 0.15) is 44.6 Å². The van der Waals surface area contributed by atoms with E-state index >= 15 is 0 Å². The Morgan fingerprint density at radius 3 is 2.78 bits per heavy atom. The number of benzene rings is 1. The van der Waals surface area contributed by atoms with E-state index in [9.17, 15) is 0 Å². The highest BCUT2D eigenvalue weighted by molar-refractivity contribution is 9.09. The van der Waals surface area contributed by atoms with Crippen LogP contribution in [0.4, 0.5) is 0 Å². The zero-order valence-electron chi connectivity index (χ0n) is 11.0. The van der Waals surface area contributed by atoms with Gasteiger partial charge in [-0.1, -0.05) is 65.5 Å². The molecule has 1 aromatic rings. The third-order valence-electron chi connectivity index (χ3n) is 4.14. The molecule has 1 aromatic carbocycles. The summed E-state index contributed by atoms with van der Waals surface area (Å²) in [4.78, 5) is 0.668. The smallest absolute Gasteiger partial charge is 0.0438 e. The van der Waals surface area contributed by atoms with E-state index in [1.807, 2.05) is 12.1 Å². The lowest BCUT2D eigenvalue weighted by Gasteiger charge is -2.33. The van der Waals surface area contributed by atoms with E-state index in [0.29, 0.717) is 4.83 Å². The summed E-state index contributed by atoms with van der Waals surface area (Å²) in [5.41, 5.74) is 1.31. The topological polar surface area (TPSA) is 0 Å². The van der Waals surface area contributed by atoms with Crippen molar-refractivity contribution < 1.29 is 0 Å². The Kier molecular flexibility index (Phi) is 5.56. The monoisotopic (exact) mass is 328 g/mol. The van der Waals surface area contributed by atoms with Crippen molar-refractivity contribution in [3.8, 4) is 0 Å². The van der Waals surface area contributed by atoms with Crippen LogP contribution in [0.15, 0.2) is 24.3 Å². The first-order chi connectivity index (χ1) is 8.70. The summed E-state index contributed by atoms with van der Waals surface area (Å²) in [6, 6.07) is 8.28. The van der Waals surface area contributed by atoms with Crippen LogP contribution in [-0.4, -0.2) is 4.83 Å². The quantitative estimate of drug-likeness (QED) is 0.607. The minimum atomic E-state index is 0.668.